The van der Waals surface area contributed by atoms with Crippen molar-refractivity contribution in [3.63, 3.8) is 0 Å². The van der Waals surface area contributed by atoms with Gasteiger partial charge in [-0.25, -0.2) is 8.42 Å². The lowest BCUT2D eigenvalue weighted by atomic mass is 9.94. The Morgan fingerprint density at radius 3 is 2.20 bits per heavy atom. The van der Waals surface area contributed by atoms with Crippen molar-refractivity contribution in [2.45, 2.75) is 70.1 Å². The average molecular weight is 321 g/mol. The molecular formula is C13H21ClN2O3S. The molecule has 0 aliphatic carbocycles. The summed E-state index contributed by atoms with van der Waals surface area (Å²) in [5, 5.41) is 4.39. The second-order valence-corrected chi connectivity index (χ2v) is 9.07. The molecule has 1 fully saturated rings. The van der Waals surface area contributed by atoms with Crippen LogP contribution in [0.1, 0.15) is 51.5 Å². The summed E-state index contributed by atoms with van der Waals surface area (Å²) in [5.41, 5.74) is 0.315. The first-order valence-electron chi connectivity index (χ1n) is 6.56. The second-order valence-electron chi connectivity index (χ2n) is 6.57. The summed E-state index contributed by atoms with van der Waals surface area (Å²) in [7, 11) is 1.71. The van der Waals surface area contributed by atoms with Gasteiger partial charge in [-0.2, -0.15) is 5.10 Å². The largest absolute Gasteiger partial charge is 0.367 e. The Labute approximate surface area is 124 Å². The van der Waals surface area contributed by atoms with Crippen molar-refractivity contribution < 1.29 is 13.2 Å². The minimum Gasteiger partial charge on any atom is -0.367 e. The lowest BCUT2D eigenvalue weighted by Gasteiger charge is -2.28. The maximum atomic E-state index is 11.7. The molecule has 0 saturated carbocycles. The van der Waals surface area contributed by atoms with Crippen LogP contribution in [0.3, 0.4) is 0 Å². The van der Waals surface area contributed by atoms with Crippen molar-refractivity contribution in [3.8, 4) is 0 Å². The summed E-state index contributed by atoms with van der Waals surface area (Å²) in [6.07, 6.45) is 0.768. The molecule has 0 radical (unpaired) electrons. The first kappa shape index (κ1) is 15.8. The van der Waals surface area contributed by atoms with Crippen LogP contribution < -0.4 is 0 Å². The molecule has 1 aliphatic heterocycles. The van der Waals surface area contributed by atoms with Crippen LogP contribution in [0.2, 0.25) is 0 Å². The van der Waals surface area contributed by atoms with Gasteiger partial charge in [0, 0.05) is 17.1 Å². The smallest absolute Gasteiger partial charge is 0.264 e. The molecule has 1 saturated heterocycles. The van der Waals surface area contributed by atoms with E-state index in [1.54, 1.807) is 18.5 Å². The fourth-order valence-electron chi connectivity index (χ4n) is 3.22. The maximum Gasteiger partial charge on any atom is 0.264 e. The van der Waals surface area contributed by atoms with E-state index in [9.17, 15) is 8.42 Å². The van der Waals surface area contributed by atoms with Crippen molar-refractivity contribution in [1.82, 2.24) is 9.78 Å². The van der Waals surface area contributed by atoms with E-state index in [1.807, 2.05) is 27.7 Å². The number of hydrogen-bond donors (Lipinski definition) is 0. The highest BCUT2D eigenvalue weighted by molar-refractivity contribution is 8.13. The Hall–Kier alpha value is -0.590. The summed E-state index contributed by atoms with van der Waals surface area (Å²) in [4.78, 5) is 0.111. The van der Waals surface area contributed by atoms with Crippen molar-refractivity contribution in [2.24, 2.45) is 0 Å². The van der Waals surface area contributed by atoms with Gasteiger partial charge in [0.05, 0.1) is 28.6 Å². The molecule has 0 spiro atoms. The third-order valence-electron chi connectivity index (χ3n) is 3.82. The summed E-state index contributed by atoms with van der Waals surface area (Å²) in [6.45, 7) is 11.4. The molecule has 0 amide bonds. The first-order valence-corrected chi connectivity index (χ1v) is 8.87. The summed E-state index contributed by atoms with van der Waals surface area (Å²) >= 11 is 0. The topological polar surface area (TPSA) is 61.2 Å². The zero-order valence-electron chi connectivity index (χ0n) is 12.7. The van der Waals surface area contributed by atoms with Crippen LogP contribution in [-0.4, -0.2) is 29.4 Å². The molecule has 7 heteroatoms. The summed E-state index contributed by atoms with van der Waals surface area (Å²) < 4.78 is 31.1. The molecule has 1 aromatic rings. The van der Waals surface area contributed by atoms with Gasteiger partial charge in [-0.05, 0) is 41.5 Å². The van der Waals surface area contributed by atoms with Gasteiger partial charge in [-0.1, -0.05) is 0 Å². The third-order valence-corrected chi connectivity index (χ3v) is 5.37. The normalized spacial score (nSPS) is 25.1. The van der Waals surface area contributed by atoms with Crippen LogP contribution in [0.5, 0.6) is 0 Å². The van der Waals surface area contributed by atoms with Gasteiger partial charge >= 0.3 is 0 Å². The molecule has 2 heterocycles. The highest BCUT2D eigenvalue weighted by Gasteiger charge is 2.48. The van der Waals surface area contributed by atoms with E-state index in [1.165, 1.54) is 0 Å². The predicted molar refractivity (Wildman–Crippen MR) is 77.6 cm³/mol. The number of ether oxygens (including phenoxy) is 1. The molecule has 1 atom stereocenters. The standard InChI is InChI=1S/C13H21ClN2O3S/c1-8-11(20(14,17)18)9(2)16(15-8)10-7-12(3,4)19-13(10,5)6/h10H,7H2,1-6H3. The molecule has 0 aromatic carbocycles. The van der Waals surface area contributed by atoms with Crippen LogP contribution >= 0.6 is 10.7 Å². The van der Waals surface area contributed by atoms with Gasteiger partial charge in [-0.15, -0.1) is 0 Å². The Kier molecular flexibility index (Phi) is 3.51. The molecule has 20 heavy (non-hydrogen) atoms. The van der Waals surface area contributed by atoms with Crippen molar-refractivity contribution in [1.29, 1.82) is 0 Å². The second kappa shape index (κ2) is 4.45. The van der Waals surface area contributed by atoms with Gasteiger partial charge in [0.25, 0.3) is 9.05 Å². The molecular weight excluding hydrogens is 300 g/mol. The number of nitrogens with zero attached hydrogens (tertiary/aromatic N) is 2. The van der Waals surface area contributed by atoms with Crippen molar-refractivity contribution >= 4 is 19.7 Å². The van der Waals surface area contributed by atoms with Crippen LogP contribution in [0.15, 0.2) is 4.90 Å². The van der Waals surface area contributed by atoms with Crippen LogP contribution in [-0.2, 0) is 13.8 Å². The summed E-state index contributed by atoms with van der Waals surface area (Å²) in [5.74, 6) is 0. The minimum absolute atomic E-state index is 0.0247. The number of hydrogen-bond acceptors (Lipinski definition) is 4. The number of aryl methyl sites for hydroxylation is 1. The Bertz CT molecular complexity index is 647. The van der Waals surface area contributed by atoms with Gasteiger partial charge in [0.15, 0.2) is 0 Å². The first-order chi connectivity index (χ1) is 8.85. The number of aromatic nitrogens is 2. The van der Waals surface area contributed by atoms with E-state index in [0.29, 0.717) is 11.4 Å². The molecule has 114 valence electrons. The predicted octanol–water partition coefficient (Wildman–Crippen LogP) is 2.95. The fraction of sp³-hybridized carbons (Fsp3) is 0.769. The minimum atomic E-state index is -3.79. The van der Waals surface area contributed by atoms with Gasteiger partial charge in [0.2, 0.25) is 0 Å². The van der Waals surface area contributed by atoms with E-state index < -0.39 is 14.7 Å². The highest BCUT2D eigenvalue weighted by atomic mass is 35.7. The van der Waals surface area contributed by atoms with E-state index in [0.717, 1.165) is 6.42 Å². The number of halogens is 1. The molecule has 0 bridgehead atoms. The lowest BCUT2D eigenvalue weighted by Crippen LogP contribution is -2.32. The quantitative estimate of drug-likeness (QED) is 0.786. The number of rotatable bonds is 2. The van der Waals surface area contributed by atoms with Crippen molar-refractivity contribution in [3.05, 3.63) is 11.4 Å². The van der Waals surface area contributed by atoms with Crippen LogP contribution in [0.25, 0.3) is 0 Å². The monoisotopic (exact) mass is 320 g/mol. The van der Waals surface area contributed by atoms with E-state index in [4.69, 9.17) is 15.4 Å². The molecule has 1 aromatic heterocycles. The van der Waals surface area contributed by atoms with E-state index >= 15 is 0 Å². The van der Waals surface area contributed by atoms with E-state index in [-0.39, 0.29) is 16.5 Å². The maximum absolute atomic E-state index is 11.7. The molecule has 2 rings (SSSR count). The third kappa shape index (κ3) is 2.61. The zero-order chi connectivity index (χ0) is 15.5. The van der Waals surface area contributed by atoms with Gasteiger partial charge in [-0.3, -0.25) is 4.68 Å². The van der Waals surface area contributed by atoms with E-state index in [2.05, 4.69) is 5.10 Å². The molecule has 5 nitrogen and oxygen atoms in total. The van der Waals surface area contributed by atoms with Gasteiger partial charge < -0.3 is 4.74 Å². The van der Waals surface area contributed by atoms with Gasteiger partial charge in [0.1, 0.15) is 4.90 Å². The van der Waals surface area contributed by atoms with Crippen molar-refractivity contribution in [2.75, 3.05) is 0 Å². The zero-order valence-corrected chi connectivity index (χ0v) is 14.3. The Morgan fingerprint density at radius 2 is 1.85 bits per heavy atom. The Morgan fingerprint density at radius 1 is 1.30 bits per heavy atom. The van der Waals surface area contributed by atoms with Crippen LogP contribution in [0.4, 0.5) is 0 Å². The SMILES string of the molecule is Cc1nn(C2CC(C)(C)OC2(C)C)c(C)c1S(=O)(=O)Cl. The highest BCUT2D eigenvalue weighted by Crippen LogP contribution is 2.45. The Balaban J connectivity index is 2.56. The van der Waals surface area contributed by atoms with Crippen LogP contribution in [0, 0.1) is 13.8 Å². The summed E-state index contributed by atoms with van der Waals surface area (Å²) in [6, 6.07) is -0.0247. The fourth-order valence-corrected chi connectivity index (χ4v) is 4.73. The molecule has 1 aliphatic rings. The molecule has 1 unspecified atom stereocenters. The lowest BCUT2D eigenvalue weighted by molar-refractivity contribution is -0.0739. The average Bonchev–Trinajstić information content (AvgIpc) is 2.58. The molecule has 0 N–H and O–H groups in total.